The van der Waals surface area contributed by atoms with Crippen molar-refractivity contribution in [1.82, 2.24) is 19.9 Å². The Bertz CT molecular complexity index is 4260. The first-order valence-corrected chi connectivity index (χ1v) is 28.5. The van der Waals surface area contributed by atoms with Crippen molar-refractivity contribution in [3.8, 4) is 33.4 Å². The number of carbonyl (C=O) groups is 1. The molecule has 6 heteroatoms. The van der Waals surface area contributed by atoms with Gasteiger partial charge in [0.05, 0.1) is 29.5 Å². The highest BCUT2D eigenvalue weighted by atomic mass is 16.5. The molecule has 0 amide bonds. The molecule has 1 aliphatic heterocycles. The molecule has 5 heterocycles. The zero-order chi connectivity index (χ0) is 57.6. The Kier molecular flexibility index (Phi) is 12.5. The maximum Gasteiger partial charge on any atom is 0.347 e. The molecular weight excluding hydrogens is 977 g/mol. The molecular formula is C74H78N4O2. The number of allylic oxidation sites excluding steroid dienone is 1. The van der Waals surface area contributed by atoms with Gasteiger partial charge in [-0.15, -0.1) is 5.73 Å². The molecule has 2 N–H and O–H groups in total. The van der Waals surface area contributed by atoms with Crippen LogP contribution in [0.4, 0.5) is 0 Å². The summed E-state index contributed by atoms with van der Waals surface area (Å²) < 4.78 is 5.45. The lowest BCUT2D eigenvalue weighted by molar-refractivity contribution is -0.135. The number of benzene rings is 4. The van der Waals surface area contributed by atoms with Crippen LogP contribution < -0.4 is 5.22 Å². The lowest BCUT2D eigenvalue weighted by Crippen LogP contribution is -2.16. The average Bonchev–Trinajstić information content (AvgIpc) is 4.42. The maximum absolute atomic E-state index is 13.8. The van der Waals surface area contributed by atoms with E-state index in [1.54, 1.807) is 0 Å². The van der Waals surface area contributed by atoms with Crippen LogP contribution in [0.1, 0.15) is 181 Å². The van der Waals surface area contributed by atoms with E-state index in [0.717, 1.165) is 105 Å². The van der Waals surface area contributed by atoms with E-state index in [0.29, 0.717) is 11.1 Å². The molecule has 11 rings (SSSR count). The predicted octanol–water partition coefficient (Wildman–Crippen LogP) is 18.5. The van der Waals surface area contributed by atoms with Crippen LogP contribution >= 0.6 is 0 Å². The Labute approximate surface area is 473 Å². The van der Waals surface area contributed by atoms with Crippen molar-refractivity contribution in [2.45, 2.75) is 157 Å². The summed E-state index contributed by atoms with van der Waals surface area (Å²) in [6.07, 6.45) is 10.4. The fourth-order valence-corrected chi connectivity index (χ4v) is 11.5. The third kappa shape index (κ3) is 9.51. The van der Waals surface area contributed by atoms with Crippen LogP contribution in [0.2, 0.25) is 0 Å². The fraction of sp³-hybridized carbons (Fsp3) is 0.338. The van der Waals surface area contributed by atoms with Crippen molar-refractivity contribution in [1.29, 1.82) is 0 Å². The topological polar surface area (TPSA) is 83.7 Å². The van der Waals surface area contributed by atoms with E-state index in [4.69, 9.17) is 14.7 Å². The van der Waals surface area contributed by atoms with Crippen LogP contribution in [0.15, 0.2) is 108 Å². The van der Waals surface area contributed by atoms with Gasteiger partial charge in [0, 0.05) is 65.9 Å². The zero-order valence-electron chi connectivity index (χ0n) is 50.7. The first kappa shape index (κ1) is 54.2. The Morgan fingerprint density at radius 2 is 0.875 bits per heavy atom. The van der Waals surface area contributed by atoms with Crippen LogP contribution in [0.25, 0.3) is 107 Å². The van der Waals surface area contributed by atoms with E-state index in [1.165, 1.54) is 40.5 Å². The summed E-state index contributed by atoms with van der Waals surface area (Å²) in [7, 11) is 1.43. The Morgan fingerprint density at radius 1 is 0.475 bits per heavy atom. The van der Waals surface area contributed by atoms with Gasteiger partial charge in [0.1, 0.15) is 5.57 Å². The van der Waals surface area contributed by atoms with Gasteiger partial charge in [0.2, 0.25) is 0 Å². The van der Waals surface area contributed by atoms with Crippen LogP contribution in [0.3, 0.4) is 0 Å². The van der Waals surface area contributed by atoms with Gasteiger partial charge >= 0.3 is 5.97 Å². The number of hydrogen-bond donors (Lipinski definition) is 2. The molecule has 0 saturated carbocycles. The molecule has 0 fully saturated rings. The molecule has 0 unspecified atom stereocenters. The van der Waals surface area contributed by atoms with E-state index in [-0.39, 0.29) is 32.5 Å². The zero-order valence-corrected chi connectivity index (χ0v) is 50.7. The normalized spacial score (nSPS) is 14.2. The summed E-state index contributed by atoms with van der Waals surface area (Å²) in [6, 6.07) is 32.5. The Balaban J connectivity index is 1.42. The molecule has 0 spiro atoms. The molecule has 0 radical (unpaired) electrons. The number of nitrogens with one attached hydrogen (secondary N) is 2. The highest BCUT2D eigenvalue weighted by Gasteiger charge is 2.31. The molecule has 4 aromatic carbocycles. The first-order chi connectivity index (χ1) is 37.3. The molecule has 0 atom stereocenters. The maximum atomic E-state index is 13.8. The van der Waals surface area contributed by atoms with Crippen LogP contribution in [0.5, 0.6) is 0 Å². The number of fused-ring (bicyclic) bond motifs is 10. The first-order valence-electron chi connectivity index (χ1n) is 28.5. The number of H-pyrrole nitrogens is 2. The summed E-state index contributed by atoms with van der Waals surface area (Å²) >= 11 is 0. The van der Waals surface area contributed by atoms with Gasteiger partial charge < -0.3 is 14.7 Å². The van der Waals surface area contributed by atoms with E-state index in [9.17, 15) is 4.79 Å². The summed E-state index contributed by atoms with van der Waals surface area (Å²) in [5.74, 6) is -0.460. The summed E-state index contributed by atoms with van der Waals surface area (Å²) in [4.78, 5) is 33.6. The number of aromatic amines is 2. The van der Waals surface area contributed by atoms with Crippen LogP contribution in [-0.2, 0) is 42.0 Å². The van der Waals surface area contributed by atoms with Gasteiger partial charge in [0.15, 0.2) is 0 Å². The van der Waals surface area contributed by atoms with Gasteiger partial charge in [-0.25, -0.2) is 14.8 Å². The monoisotopic (exact) mass is 1050 g/mol. The molecule has 406 valence electrons. The molecule has 4 aromatic heterocycles. The Morgan fingerprint density at radius 3 is 1.30 bits per heavy atom. The predicted molar refractivity (Wildman–Crippen MR) is 339 cm³/mol. The van der Waals surface area contributed by atoms with Crippen LogP contribution in [-0.4, -0.2) is 33.0 Å². The molecule has 8 aromatic rings. The van der Waals surface area contributed by atoms with Crippen LogP contribution in [0, 0.1) is 0 Å². The molecule has 8 bridgehead atoms. The number of esters is 1. The highest BCUT2D eigenvalue weighted by Crippen LogP contribution is 2.45. The average molecular weight is 1060 g/mol. The van der Waals surface area contributed by atoms with Crippen molar-refractivity contribution in [3.63, 3.8) is 0 Å². The molecule has 80 heavy (non-hydrogen) atoms. The van der Waals surface area contributed by atoms with Gasteiger partial charge in [-0.3, -0.25) is 0 Å². The van der Waals surface area contributed by atoms with Crippen molar-refractivity contribution < 1.29 is 9.53 Å². The molecule has 6 nitrogen and oxygen atoms in total. The van der Waals surface area contributed by atoms with Crippen molar-refractivity contribution in [2.24, 2.45) is 0 Å². The number of carbonyl (C=O) groups excluding carboxylic acids is 1. The minimum absolute atomic E-state index is 0.130. The van der Waals surface area contributed by atoms with E-state index >= 15 is 0 Å². The summed E-state index contributed by atoms with van der Waals surface area (Å²) in [5, 5.41) is 2.61. The number of nitrogens with zero attached hydrogens (tertiary/aromatic N) is 2. The third-order valence-electron chi connectivity index (χ3n) is 16.5. The second kappa shape index (κ2) is 18.4. The fourth-order valence-electron chi connectivity index (χ4n) is 11.5. The number of ether oxygens (including phenoxy) is 1. The van der Waals surface area contributed by atoms with Crippen molar-refractivity contribution in [2.75, 3.05) is 7.11 Å². The highest BCUT2D eigenvalue weighted by molar-refractivity contribution is 6.20. The molecule has 0 saturated heterocycles. The van der Waals surface area contributed by atoms with E-state index in [2.05, 4.69) is 249 Å². The third-order valence-corrected chi connectivity index (χ3v) is 16.5. The standard InChI is InChI=1S/C74H78N4O2/c1-69(2,3)44-30-41(31-45(36-44)70(4,5)6)62-55-24-25-56(75-55)63(42-32-46(71(7,8)9)37-47(33-42)72(10,11)12)58-28-29-60(77-58)66-51-23-21-20-22-50-54(68(79)80-19)39-52(65(50)51)53-40-61(78-67(53)66)64(59-27-26-57(62)76-59)43-34-48(73(13,14)15)38-49(35-43)74(16,17)18/h20-21,23-38,40,76-77H,1-19H3. The number of methoxy groups -OCH3 is 1. The Hall–Kier alpha value is -7.75. The lowest BCUT2D eigenvalue weighted by atomic mass is 9.78. The van der Waals surface area contributed by atoms with E-state index < -0.39 is 5.97 Å². The number of hydrogen-bond acceptors (Lipinski definition) is 4. The van der Waals surface area contributed by atoms with Crippen molar-refractivity contribution >= 4 is 79.4 Å². The number of rotatable bonds is 4. The smallest absolute Gasteiger partial charge is 0.347 e. The SMILES string of the molecule is COC(=O)C1=C=c2c3c(c4c5ccc([nH]5)c(-c5cc(C(C)(C)C)cc(C(C)(C)C)c5)c5nc(c(-c6cc(C(C)(C)C)cc(C(C)(C)C)c6)c6ccc([nH]6)c(-c6cc(C(C)(C)C)cc(C(C)(C)C)c6)c6cc2c4n6)C=C5)C=CC=C=C13. The molecule has 2 aliphatic carbocycles. The molecule has 3 aliphatic rings. The van der Waals surface area contributed by atoms with E-state index in [1.807, 2.05) is 12.2 Å². The van der Waals surface area contributed by atoms with Gasteiger partial charge in [-0.1, -0.05) is 197 Å². The van der Waals surface area contributed by atoms with Crippen molar-refractivity contribution in [3.05, 3.63) is 169 Å². The lowest BCUT2D eigenvalue weighted by Gasteiger charge is -2.26. The second-order valence-corrected chi connectivity index (χ2v) is 28.8. The van der Waals surface area contributed by atoms with Gasteiger partial charge in [0.25, 0.3) is 0 Å². The minimum Gasteiger partial charge on any atom is -0.465 e. The second-order valence-electron chi connectivity index (χ2n) is 28.8. The quantitative estimate of drug-likeness (QED) is 0.136. The summed E-state index contributed by atoms with van der Waals surface area (Å²) in [6.45, 7) is 41.3. The minimum atomic E-state index is -0.460. The summed E-state index contributed by atoms with van der Waals surface area (Å²) in [5.41, 5.74) is 29.8. The van der Waals surface area contributed by atoms with Gasteiger partial charge in [-0.2, -0.15) is 0 Å². The number of aromatic nitrogens is 4. The van der Waals surface area contributed by atoms with Gasteiger partial charge in [-0.05, 0) is 137 Å². The largest absolute Gasteiger partial charge is 0.465 e.